The number of hydrogen-bond acceptors (Lipinski definition) is 4. The van der Waals surface area contributed by atoms with Crippen LogP contribution in [-0.4, -0.2) is 12.2 Å². The topological polar surface area (TPSA) is 59.3 Å². The highest BCUT2D eigenvalue weighted by Crippen LogP contribution is 2.20. The summed E-state index contributed by atoms with van der Waals surface area (Å²) >= 11 is 1.59. The number of amides is 1. The number of benzene rings is 2. The third kappa shape index (κ3) is 3.29. The van der Waals surface area contributed by atoms with E-state index in [4.69, 9.17) is 4.42 Å². The maximum atomic E-state index is 12.3. The molecule has 3 aromatic rings. The Bertz CT molecular complexity index is 946. The van der Waals surface area contributed by atoms with E-state index in [1.165, 1.54) is 0 Å². The van der Waals surface area contributed by atoms with Gasteiger partial charge in [-0.2, -0.15) is 0 Å². The van der Waals surface area contributed by atoms with Crippen molar-refractivity contribution >= 4 is 34.1 Å². The monoisotopic (exact) mass is 325 g/mol. The largest absolute Gasteiger partial charge is 0.417 e. The summed E-state index contributed by atoms with van der Waals surface area (Å²) in [5.41, 5.74) is 1.12. The summed E-state index contributed by atoms with van der Waals surface area (Å²) in [7, 11) is 0. The van der Waals surface area contributed by atoms with Gasteiger partial charge in [0, 0.05) is 10.6 Å². The second-order valence-electron chi connectivity index (χ2n) is 5.17. The first kappa shape index (κ1) is 15.4. The van der Waals surface area contributed by atoms with Crippen molar-refractivity contribution in [2.24, 2.45) is 0 Å². The molecule has 1 amide bonds. The van der Waals surface area contributed by atoms with Gasteiger partial charge in [0.1, 0.15) is 0 Å². The molecule has 0 saturated heterocycles. The Kier molecular flexibility index (Phi) is 4.21. The van der Waals surface area contributed by atoms with Gasteiger partial charge in [-0.1, -0.05) is 23.8 Å². The summed E-state index contributed by atoms with van der Waals surface area (Å²) in [6.07, 6.45) is 1.96. The predicted octanol–water partition coefficient (Wildman–Crippen LogP) is 4.08. The number of carbonyl (C=O) groups excluding carboxylic acids is 1. The molecule has 0 bridgehead atoms. The van der Waals surface area contributed by atoms with Gasteiger partial charge in [-0.15, -0.1) is 11.8 Å². The Morgan fingerprint density at radius 3 is 2.74 bits per heavy atom. The number of anilines is 1. The smallest absolute Gasteiger partial charge is 0.344 e. The van der Waals surface area contributed by atoms with Gasteiger partial charge in [-0.25, -0.2) is 4.79 Å². The van der Waals surface area contributed by atoms with Gasteiger partial charge in [0.15, 0.2) is 5.76 Å². The second kappa shape index (κ2) is 6.30. The number of hydrogen-bond donors (Lipinski definition) is 1. The van der Waals surface area contributed by atoms with Crippen molar-refractivity contribution < 1.29 is 9.21 Å². The van der Waals surface area contributed by atoms with Crippen LogP contribution in [0.25, 0.3) is 10.8 Å². The Morgan fingerprint density at radius 1 is 1.13 bits per heavy atom. The van der Waals surface area contributed by atoms with Crippen LogP contribution in [-0.2, 0) is 0 Å². The normalized spacial score (nSPS) is 10.7. The van der Waals surface area contributed by atoms with Crippen molar-refractivity contribution in [2.45, 2.75) is 11.8 Å². The van der Waals surface area contributed by atoms with Crippen LogP contribution in [0.3, 0.4) is 0 Å². The van der Waals surface area contributed by atoms with Crippen molar-refractivity contribution in [2.75, 3.05) is 11.6 Å². The minimum Gasteiger partial charge on any atom is -0.417 e. The van der Waals surface area contributed by atoms with Gasteiger partial charge >= 0.3 is 5.63 Å². The third-order valence-corrected chi connectivity index (χ3v) is 4.19. The van der Waals surface area contributed by atoms with Crippen LogP contribution in [0.5, 0.6) is 0 Å². The van der Waals surface area contributed by atoms with Gasteiger partial charge in [-0.3, -0.25) is 4.79 Å². The molecule has 23 heavy (non-hydrogen) atoms. The molecular weight excluding hydrogens is 310 g/mol. The van der Waals surface area contributed by atoms with E-state index in [0.29, 0.717) is 16.5 Å². The lowest BCUT2D eigenvalue weighted by molar-refractivity contribution is 0.0993. The number of nitrogens with one attached hydrogen (secondary N) is 1. The maximum Gasteiger partial charge on any atom is 0.344 e. The van der Waals surface area contributed by atoms with E-state index in [-0.39, 0.29) is 5.76 Å². The highest BCUT2D eigenvalue weighted by atomic mass is 32.2. The van der Waals surface area contributed by atoms with E-state index in [9.17, 15) is 9.59 Å². The minimum atomic E-state index is -0.505. The lowest BCUT2D eigenvalue weighted by Crippen LogP contribution is -2.15. The fraction of sp³-hybridized carbons (Fsp3) is 0.111. The second-order valence-corrected chi connectivity index (χ2v) is 6.05. The van der Waals surface area contributed by atoms with E-state index in [1.807, 2.05) is 43.5 Å². The van der Waals surface area contributed by atoms with Crippen LogP contribution in [0, 0.1) is 6.92 Å². The molecule has 0 radical (unpaired) electrons. The number of aryl methyl sites for hydroxylation is 1. The zero-order chi connectivity index (χ0) is 16.4. The van der Waals surface area contributed by atoms with Gasteiger partial charge in [0.2, 0.25) is 0 Å². The van der Waals surface area contributed by atoms with Crippen molar-refractivity contribution in [3.05, 3.63) is 70.3 Å². The van der Waals surface area contributed by atoms with Crippen LogP contribution >= 0.6 is 11.8 Å². The lowest BCUT2D eigenvalue weighted by atomic mass is 10.1. The molecule has 116 valence electrons. The van der Waals surface area contributed by atoms with Gasteiger partial charge in [0.25, 0.3) is 5.91 Å². The molecule has 3 rings (SSSR count). The van der Waals surface area contributed by atoms with E-state index in [0.717, 1.165) is 10.5 Å². The van der Waals surface area contributed by atoms with Crippen LogP contribution in [0.1, 0.15) is 16.1 Å². The Hall–Kier alpha value is -2.53. The van der Waals surface area contributed by atoms with Crippen molar-refractivity contribution in [3.63, 3.8) is 0 Å². The highest BCUT2D eigenvalue weighted by Gasteiger charge is 2.13. The summed E-state index contributed by atoms with van der Waals surface area (Å²) in [5.74, 6) is -0.441. The zero-order valence-electron chi connectivity index (χ0n) is 12.8. The Labute approximate surface area is 137 Å². The van der Waals surface area contributed by atoms with E-state index < -0.39 is 11.5 Å². The molecule has 0 aliphatic rings. The first-order valence-corrected chi connectivity index (χ1v) is 8.29. The fourth-order valence-electron chi connectivity index (χ4n) is 2.30. The molecule has 0 unspecified atom stereocenters. The highest BCUT2D eigenvalue weighted by molar-refractivity contribution is 7.98. The first-order valence-electron chi connectivity index (χ1n) is 7.07. The maximum absolute atomic E-state index is 12.3. The standard InChI is InChI=1S/C18H15NO3S/c1-11-6-7-12-9-16(22-18(21)15(12)8-11)17(20)19-13-4-3-5-14(10-13)23-2/h3-10H,1-2H3,(H,19,20). The summed E-state index contributed by atoms with van der Waals surface area (Å²) in [6, 6.07) is 14.5. The molecule has 0 spiro atoms. The number of carbonyl (C=O) groups is 1. The third-order valence-electron chi connectivity index (χ3n) is 3.47. The molecule has 0 fully saturated rings. The molecule has 0 aliphatic carbocycles. The molecule has 4 nitrogen and oxygen atoms in total. The summed E-state index contributed by atoms with van der Waals surface area (Å²) in [4.78, 5) is 25.4. The molecule has 1 heterocycles. The summed E-state index contributed by atoms with van der Waals surface area (Å²) in [6.45, 7) is 1.90. The van der Waals surface area contributed by atoms with E-state index >= 15 is 0 Å². The average Bonchev–Trinajstić information content (AvgIpc) is 2.55. The average molecular weight is 325 g/mol. The van der Waals surface area contributed by atoms with E-state index in [2.05, 4.69) is 5.32 Å². The van der Waals surface area contributed by atoms with Gasteiger partial charge in [0.05, 0.1) is 5.39 Å². The summed E-state index contributed by atoms with van der Waals surface area (Å²) in [5, 5.41) is 3.92. The molecular formula is C18H15NO3S. The van der Waals surface area contributed by atoms with E-state index in [1.54, 1.807) is 30.0 Å². The van der Waals surface area contributed by atoms with Crippen LogP contribution in [0.4, 0.5) is 5.69 Å². The fourth-order valence-corrected chi connectivity index (χ4v) is 2.76. The molecule has 0 atom stereocenters. The van der Waals surface area contributed by atoms with Gasteiger partial charge < -0.3 is 9.73 Å². The van der Waals surface area contributed by atoms with Crippen LogP contribution < -0.4 is 10.9 Å². The Balaban J connectivity index is 1.94. The lowest BCUT2D eigenvalue weighted by Gasteiger charge is -2.06. The van der Waals surface area contributed by atoms with Crippen LogP contribution in [0.2, 0.25) is 0 Å². The quantitative estimate of drug-likeness (QED) is 0.737. The SMILES string of the molecule is CSc1cccc(NC(=O)c2cc3ccc(C)cc3c(=O)o2)c1. The van der Waals surface area contributed by atoms with Crippen molar-refractivity contribution in [3.8, 4) is 0 Å². The number of rotatable bonds is 3. The van der Waals surface area contributed by atoms with Crippen molar-refractivity contribution in [1.82, 2.24) is 0 Å². The van der Waals surface area contributed by atoms with Crippen molar-refractivity contribution in [1.29, 1.82) is 0 Å². The number of thioether (sulfide) groups is 1. The predicted molar refractivity (Wildman–Crippen MR) is 93.4 cm³/mol. The molecule has 1 aromatic heterocycles. The zero-order valence-corrected chi connectivity index (χ0v) is 13.6. The van der Waals surface area contributed by atoms with Crippen LogP contribution in [0.15, 0.2) is 62.6 Å². The first-order chi connectivity index (χ1) is 11.1. The molecule has 0 aliphatic heterocycles. The van der Waals surface area contributed by atoms with Gasteiger partial charge in [-0.05, 0) is 48.9 Å². The Morgan fingerprint density at radius 2 is 1.96 bits per heavy atom. The molecule has 5 heteroatoms. The molecule has 0 saturated carbocycles. The number of fused-ring (bicyclic) bond motifs is 1. The molecule has 1 N–H and O–H groups in total. The summed E-state index contributed by atoms with van der Waals surface area (Å²) < 4.78 is 5.16. The molecule has 2 aromatic carbocycles. The minimum absolute atomic E-state index is 0.000840.